The highest BCUT2D eigenvalue weighted by atomic mass is 32.1. The van der Waals surface area contributed by atoms with E-state index in [9.17, 15) is 4.79 Å². The maximum atomic E-state index is 11.2. The van der Waals surface area contributed by atoms with Crippen molar-refractivity contribution in [3.05, 3.63) is 34.2 Å². The highest BCUT2D eigenvalue weighted by molar-refractivity contribution is 7.80. The number of rotatable bonds is 2. The van der Waals surface area contributed by atoms with Crippen LogP contribution in [-0.2, 0) is 7.05 Å². The second-order valence-corrected chi connectivity index (χ2v) is 3.46. The van der Waals surface area contributed by atoms with Crippen LogP contribution in [0.2, 0.25) is 0 Å². The molecule has 0 aliphatic rings. The highest BCUT2D eigenvalue weighted by Gasteiger charge is 2.03. The molecule has 0 spiro atoms. The molecule has 0 fully saturated rings. The molecule has 66 valence electrons. The monoisotopic (exact) mass is 183 g/mol. The number of aromatic nitrogens is 1. The van der Waals surface area contributed by atoms with E-state index in [2.05, 4.69) is 19.6 Å². The average molecular weight is 183 g/mol. The molecule has 1 aromatic rings. The Morgan fingerprint density at radius 2 is 2.33 bits per heavy atom. The summed E-state index contributed by atoms with van der Waals surface area (Å²) in [6.07, 6.45) is 2.72. The van der Waals surface area contributed by atoms with Crippen LogP contribution in [0.25, 0.3) is 0 Å². The molecule has 1 rings (SSSR count). The van der Waals surface area contributed by atoms with Crippen LogP contribution in [0, 0.1) is 0 Å². The summed E-state index contributed by atoms with van der Waals surface area (Å²) in [5.74, 6) is 0. The fourth-order valence-electron chi connectivity index (χ4n) is 1.01. The number of hydrogen-bond acceptors (Lipinski definition) is 2. The summed E-state index contributed by atoms with van der Waals surface area (Å²) in [4.78, 5) is 11.2. The van der Waals surface area contributed by atoms with Crippen molar-refractivity contribution < 1.29 is 0 Å². The Hall–Kier alpha value is -0.700. The third-order valence-corrected chi connectivity index (χ3v) is 2.56. The van der Waals surface area contributed by atoms with Gasteiger partial charge in [-0.25, -0.2) is 0 Å². The van der Waals surface area contributed by atoms with Gasteiger partial charge in [0.15, 0.2) is 0 Å². The van der Waals surface area contributed by atoms with E-state index in [-0.39, 0.29) is 10.8 Å². The molecule has 0 amide bonds. The number of hydrogen-bond donors (Lipinski definition) is 1. The lowest BCUT2D eigenvalue weighted by atomic mass is 10.1. The number of nitrogens with zero attached hydrogens (tertiary/aromatic N) is 1. The summed E-state index contributed by atoms with van der Waals surface area (Å²) >= 11 is 4.35. The first-order valence-electron chi connectivity index (χ1n) is 3.99. The number of aryl methyl sites for hydroxylation is 1. The number of thiol groups is 1. The average Bonchev–Trinajstić information content (AvgIpc) is 2.08. The Kier molecular flexibility index (Phi) is 2.98. The third-order valence-electron chi connectivity index (χ3n) is 1.90. The van der Waals surface area contributed by atoms with Gasteiger partial charge in [-0.1, -0.05) is 6.92 Å². The van der Waals surface area contributed by atoms with E-state index in [1.807, 2.05) is 6.07 Å². The first kappa shape index (κ1) is 9.39. The van der Waals surface area contributed by atoms with Crippen molar-refractivity contribution in [3.8, 4) is 0 Å². The van der Waals surface area contributed by atoms with Gasteiger partial charge in [-0.15, -0.1) is 0 Å². The summed E-state index contributed by atoms with van der Waals surface area (Å²) in [7, 11) is 1.74. The largest absolute Gasteiger partial charge is 0.319 e. The van der Waals surface area contributed by atoms with E-state index in [0.717, 1.165) is 12.0 Å². The molecule has 2 nitrogen and oxygen atoms in total. The Morgan fingerprint density at radius 3 is 2.83 bits per heavy atom. The summed E-state index contributed by atoms with van der Waals surface area (Å²) in [6, 6.07) is 3.57. The molecule has 0 radical (unpaired) electrons. The Balaban J connectivity index is 3.05. The van der Waals surface area contributed by atoms with Crippen molar-refractivity contribution in [1.29, 1.82) is 0 Å². The van der Waals surface area contributed by atoms with Crippen LogP contribution in [0.15, 0.2) is 23.1 Å². The third kappa shape index (κ3) is 1.91. The van der Waals surface area contributed by atoms with Crippen LogP contribution in [0.1, 0.15) is 24.2 Å². The Labute approximate surface area is 77.6 Å². The molecular formula is C9H13NOS. The minimum atomic E-state index is 0.0278. The predicted octanol–water partition coefficient (Wildman–Crippen LogP) is 1.77. The molecule has 1 atom stereocenters. The standard InChI is InChI=1S/C9H13NOS/c1-3-8(12)7-4-5-10(2)9(11)6-7/h4-6,8,12H,3H2,1-2H3. The van der Waals surface area contributed by atoms with E-state index in [1.165, 1.54) is 0 Å². The van der Waals surface area contributed by atoms with Gasteiger partial charge in [-0.3, -0.25) is 4.79 Å². The Morgan fingerprint density at radius 1 is 1.67 bits per heavy atom. The van der Waals surface area contributed by atoms with Gasteiger partial charge in [0, 0.05) is 24.6 Å². The van der Waals surface area contributed by atoms with Gasteiger partial charge in [0.1, 0.15) is 0 Å². The molecule has 1 aromatic heterocycles. The lowest BCUT2D eigenvalue weighted by Crippen LogP contribution is -2.15. The fraction of sp³-hybridized carbons (Fsp3) is 0.444. The molecule has 0 saturated carbocycles. The molecule has 0 N–H and O–H groups in total. The van der Waals surface area contributed by atoms with Crippen LogP contribution in [0.3, 0.4) is 0 Å². The smallest absolute Gasteiger partial charge is 0.250 e. The fourth-order valence-corrected chi connectivity index (χ4v) is 1.17. The minimum Gasteiger partial charge on any atom is -0.319 e. The second kappa shape index (κ2) is 3.81. The van der Waals surface area contributed by atoms with Gasteiger partial charge in [0.25, 0.3) is 5.56 Å². The lowest BCUT2D eigenvalue weighted by Gasteiger charge is -2.07. The van der Waals surface area contributed by atoms with E-state index < -0.39 is 0 Å². The molecule has 0 aromatic carbocycles. The molecule has 0 aliphatic heterocycles. The normalized spacial score (nSPS) is 12.9. The first-order chi connectivity index (χ1) is 5.65. The van der Waals surface area contributed by atoms with E-state index in [1.54, 1.807) is 23.9 Å². The molecular weight excluding hydrogens is 170 g/mol. The predicted molar refractivity (Wildman–Crippen MR) is 53.7 cm³/mol. The second-order valence-electron chi connectivity index (χ2n) is 2.83. The van der Waals surface area contributed by atoms with Crippen molar-refractivity contribution in [1.82, 2.24) is 4.57 Å². The summed E-state index contributed by atoms with van der Waals surface area (Å²) in [5.41, 5.74) is 1.03. The minimum absolute atomic E-state index is 0.0278. The number of pyridine rings is 1. The zero-order valence-corrected chi connectivity index (χ0v) is 8.21. The summed E-state index contributed by atoms with van der Waals surface area (Å²) in [5, 5.41) is 0.180. The Bertz CT molecular complexity index is 319. The van der Waals surface area contributed by atoms with Crippen LogP contribution >= 0.6 is 12.6 Å². The molecule has 3 heteroatoms. The molecule has 12 heavy (non-hydrogen) atoms. The van der Waals surface area contributed by atoms with E-state index in [4.69, 9.17) is 0 Å². The van der Waals surface area contributed by atoms with Gasteiger partial charge >= 0.3 is 0 Å². The van der Waals surface area contributed by atoms with Crippen molar-refractivity contribution >= 4 is 12.6 Å². The van der Waals surface area contributed by atoms with Gasteiger partial charge in [-0.2, -0.15) is 12.6 Å². The van der Waals surface area contributed by atoms with Crippen molar-refractivity contribution in [3.63, 3.8) is 0 Å². The topological polar surface area (TPSA) is 22.0 Å². The van der Waals surface area contributed by atoms with Crippen molar-refractivity contribution in [2.24, 2.45) is 7.05 Å². The zero-order valence-electron chi connectivity index (χ0n) is 7.32. The zero-order chi connectivity index (χ0) is 9.14. The maximum absolute atomic E-state index is 11.2. The van der Waals surface area contributed by atoms with Crippen molar-refractivity contribution in [2.75, 3.05) is 0 Å². The van der Waals surface area contributed by atoms with Gasteiger partial charge < -0.3 is 4.57 Å². The molecule has 1 heterocycles. The van der Waals surface area contributed by atoms with Crippen molar-refractivity contribution in [2.45, 2.75) is 18.6 Å². The molecule has 1 unspecified atom stereocenters. The van der Waals surface area contributed by atoms with E-state index in [0.29, 0.717) is 0 Å². The molecule has 0 saturated heterocycles. The summed E-state index contributed by atoms with van der Waals surface area (Å²) in [6.45, 7) is 2.05. The molecule has 0 bridgehead atoms. The quantitative estimate of drug-likeness (QED) is 0.693. The highest BCUT2D eigenvalue weighted by Crippen LogP contribution is 2.20. The SMILES string of the molecule is CCC(S)c1ccn(C)c(=O)c1. The summed E-state index contributed by atoms with van der Waals surface area (Å²) < 4.78 is 1.56. The van der Waals surface area contributed by atoms with Crippen LogP contribution in [-0.4, -0.2) is 4.57 Å². The van der Waals surface area contributed by atoms with E-state index >= 15 is 0 Å². The van der Waals surface area contributed by atoms with Crippen LogP contribution < -0.4 is 5.56 Å². The van der Waals surface area contributed by atoms with Gasteiger partial charge in [0.2, 0.25) is 0 Å². The van der Waals surface area contributed by atoms with Gasteiger partial charge in [0.05, 0.1) is 0 Å². The molecule has 0 aliphatic carbocycles. The van der Waals surface area contributed by atoms with Crippen LogP contribution in [0.5, 0.6) is 0 Å². The first-order valence-corrected chi connectivity index (χ1v) is 4.51. The lowest BCUT2D eigenvalue weighted by molar-refractivity contribution is 0.832. The van der Waals surface area contributed by atoms with Crippen LogP contribution in [0.4, 0.5) is 0 Å². The van der Waals surface area contributed by atoms with Gasteiger partial charge in [-0.05, 0) is 18.1 Å². The maximum Gasteiger partial charge on any atom is 0.250 e.